The van der Waals surface area contributed by atoms with Gasteiger partial charge in [-0.15, -0.1) is 0 Å². The minimum atomic E-state index is -1.71. The van der Waals surface area contributed by atoms with Crippen LogP contribution in [0.1, 0.15) is 60.2 Å². The molecule has 5 aromatic carbocycles. The maximum atomic E-state index is 13.9. The third-order valence-electron chi connectivity index (χ3n) is 8.02. The summed E-state index contributed by atoms with van der Waals surface area (Å²) in [6, 6.07) is 42.4. The highest BCUT2D eigenvalue weighted by molar-refractivity contribution is 6.14. The predicted octanol–water partition coefficient (Wildman–Crippen LogP) is 8.60. The Balaban J connectivity index is 1.82. The lowest BCUT2D eigenvalue weighted by molar-refractivity contribution is -0.149. The summed E-state index contributed by atoms with van der Waals surface area (Å²) in [5.41, 5.74) is 0.912. The van der Waals surface area contributed by atoms with E-state index < -0.39 is 22.8 Å². The molecule has 0 saturated heterocycles. The van der Waals surface area contributed by atoms with Crippen molar-refractivity contribution in [3.63, 3.8) is 0 Å². The summed E-state index contributed by atoms with van der Waals surface area (Å²) in [7, 11) is 0. The van der Waals surface area contributed by atoms with Gasteiger partial charge in [0.25, 0.3) is 0 Å². The lowest BCUT2D eigenvalue weighted by atomic mass is 9.62. The molecule has 0 heterocycles. The standard InChI is InChI=1S/C38H35NO3/c1-37(2,3)38(36(41)42,39-35(29-18-9-5-10-19-29)30-20-11-6-12-21-30)33(26-34(40)28-16-7-4-8-17-28)32-24-23-27-15-13-14-22-31(27)25-32/h4-25,33H,26H2,1-3H3,(H,41,42)/t33-,38-/m0/s1. The molecule has 5 aromatic rings. The number of fused-ring (bicyclic) bond motifs is 1. The number of hydrogen-bond donors (Lipinski definition) is 1. The fourth-order valence-electron chi connectivity index (χ4n) is 5.81. The molecular weight excluding hydrogens is 518 g/mol. The molecule has 1 N–H and O–H groups in total. The molecule has 5 rings (SSSR count). The van der Waals surface area contributed by atoms with E-state index in [1.54, 1.807) is 12.1 Å². The Kier molecular flexibility index (Phi) is 8.17. The van der Waals surface area contributed by atoms with Crippen molar-refractivity contribution in [1.82, 2.24) is 0 Å². The molecule has 0 saturated carbocycles. The van der Waals surface area contributed by atoms with Crippen molar-refractivity contribution in [3.8, 4) is 0 Å². The second-order valence-corrected chi connectivity index (χ2v) is 11.7. The van der Waals surface area contributed by atoms with Crippen LogP contribution in [0.5, 0.6) is 0 Å². The number of carboxylic acid groups (broad SMARTS) is 1. The minimum Gasteiger partial charge on any atom is -0.479 e. The number of carbonyl (C=O) groups excluding carboxylic acids is 1. The molecule has 0 aliphatic heterocycles. The number of carboxylic acids is 1. The zero-order valence-corrected chi connectivity index (χ0v) is 24.2. The van der Waals surface area contributed by atoms with Crippen molar-refractivity contribution in [2.45, 2.75) is 38.6 Å². The number of nitrogens with zero attached hydrogens (tertiary/aromatic N) is 1. The second-order valence-electron chi connectivity index (χ2n) is 11.7. The quantitative estimate of drug-likeness (QED) is 0.147. The normalized spacial score (nSPS) is 13.6. The topological polar surface area (TPSA) is 66.7 Å². The SMILES string of the molecule is CC(C)(C)[C@@](N=C(c1ccccc1)c1ccccc1)(C(=O)O)[C@@H](CC(=O)c1ccccc1)c1ccc2ccccc2c1. The van der Waals surface area contributed by atoms with Gasteiger partial charge in [0, 0.05) is 29.0 Å². The van der Waals surface area contributed by atoms with Gasteiger partial charge in [0.05, 0.1) is 5.71 Å². The van der Waals surface area contributed by atoms with Crippen molar-refractivity contribution >= 4 is 28.2 Å². The van der Waals surface area contributed by atoms with Gasteiger partial charge in [-0.05, 0) is 21.8 Å². The van der Waals surface area contributed by atoms with Crippen LogP contribution in [0.15, 0.2) is 138 Å². The number of hydrogen-bond acceptors (Lipinski definition) is 3. The highest BCUT2D eigenvalue weighted by Crippen LogP contribution is 2.48. The van der Waals surface area contributed by atoms with Crippen LogP contribution >= 0.6 is 0 Å². The van der Waals surface area contributed by atoms with Crippen molar-refractivity contribution in [3.05, 3.63) is 156 Å². The van der Waals surface area contributed by atoms with Crippen LogP contribution in [0, 0.1) is 5.41 Å². The number of ketones is 1. The van der Waals surface area contributed by atoms with Crippen molar-refractivity contribution < 1.29 is 14.7 Å². The highest BCUT2D eigenvalue weighted by Gasteiger charge is 2.56. The number of aliphatic imine (C=N–C) groups is 1. The van der Waals surface area contributed by atoms with Gasteiger partial charge in [-0.1, -0.05) is 154 Å². The van der Waals surface area contributed by atoms with Crippen LogP contribution < -0.4 is 0 Å². The van der Waals surface area contributed by atoms with Crippen LogP contribution in [0.3, 0.4) is 0 Å². The van der Waals surface area contributed by atoms with Crippen LogP contribution in [0.2, 0.25) is 0 Å². The van der Waals surface area contributed by atoms with Crippen molar-refractivity contribution in [2.75, 3.05) is 0 Å². The first-order valence-electron chi connectivity index (χ1n) is 14.2. The van der Waals surface area contributed by atoms with E-state index in [0.29, 0.717) is 11.3 Å². The van der Waals surface area contributed by atoms with E-state index in [2.05, 4.69) is 0 Å². The Bertz CT molecular complexity index is 1680. The van der Waals surface area contributed by atoms with Crippen molar-refractivity contribution in [2.24, 2.45) is 10.4 Å². The molecule has 0 aromatic heterocycles. The molecule has 0 aliphatic carbocycles. The second kappa shape index (κ2) is 12.0. The molecular formula is C38H35NO3. The van der Waals surface area contributed by atoms with Gasteiger partial charge in [-0.3, -0.25) is 9.79 Å². The summed E-state index contributed by atoms with van der Waals surface area (Å²) in [5.74, 6) is -1.96. The fourth-order valence-corrected chi connectivity index (χ4v) is 5.81. The Labute approximate surface area is 247 Å². The summed E-state index contributed by atoms with van der Waals surface area (Å²) in [6.45, 7) is 5.71. The number of carbonyl (C=O) groups is 2. The third kappa shape index (κ3) is 5.66. The lowest BCUT2D eigenvalue weighted by Crippen LogP contribution is -2.54. The molecule has 0 amide bonds. The van der Waals surface area contributed by atoms with E-state index >= 15 is 0 Å². The summed E-state index contributed by atoms with van der Waals surface area (Å²) in [6.07, 6.45) is -0.0215. The molecule has 0 radical (unpaired) electrons. The number of benzene rings is 5. The fraction of sp³-hybridized carbons (Fsp3) is 0.184. The van der Waals surface area contributed by atoms with Crippen molar-refractivity contribution in [1.29, 1.82) is 0 Å². The van der Waals surface area contributed by atoms with Crippen LogP contribution in [0.4, 0.5) is 0 Å². The Morgan fingerprint density at radius 3 is 1.62 bits per heavy atom. The zero-order valence-electron chi connectivity index (χ0n) is 24.2. The lowest BCUT2D eigenvalue weighted by Gasteiger charge is -2.44. The molecule has 4 heteroatoms. The minimum absolute atomic E-state index is 0.0215. The molecule has 42 heavy (non-hydrogen) atoms. The maximum absolute atomic E-state index is 13.9. The Morgan fingerprint density at radius 2 is 1.12 bits per heavy atom. The molecule has 0 bridgehead atoms. The monoisotopic (exact) mass is 553 g/mol. The van der Waals surface area contributed by atoms with E-state index in [4.69, 9.17) is 4.99 Å². The molecule has 4 nitrogen and oxygen atoms in total. The van der Waals surface area contributed by atoms with E-state index in [1.807, 2.05) is 142 Å². The largest absolute Gasteiger partial charge is 0.479 e. The molecule has 0 fully saturated rings. The summed E-state index contributed by atoms with van der Waals surface area (Å²) < 4.78 is 0. The molecule has 0 spiro atoms. The van der Waals surface area contributed by atoms with Gasteiger partial charge >= 0.3 is 5.97 Å². The van der Waals surface area contributed by atoms with Gasteiger partial charge in [0.2, 0.25) is 0 Å². The van der Waals surface area contributed by atoms with E-state index in [1.165, 1.54) is 0 Å². The Hall–Kier alpha value is -4.83. The predicted molar refractivity (Wildman–Crippen MR) is 170 cm³/mol. The average molecular weight is 554 g/mol. The molecule has 2 atom stereocenters. The van der Waals surface area contributed by atoms with E-state index in [-0.39, 0.29) is 12.2 Å². The summed E-state index contributed by atoms with van der Waals surface area (Å²) >= 11 is 0. The van der Waals surface area contributed by atoms with Gasteiger partial charge in [-0.2, -0.15) is 0 Å². The first kappa shape index (κ1) is 28.7. The van der Waals surface area contributed by atoms with Gasteiger partial charge in [0.15, 0.2) is 11.3 Å². The van der Waals surface area contributed by atoms with Crippen LogP contribution in [-0.2, 0) is 4.79 Å². The van der Waals surface area contributed by atoms with Gasteiger partial charge < -0.3 is 5.11 Å². The first-order chi connectivity index (χ1) is 20.2. The zero-order chi connectivity index (χ0) is 29.7. The average Bonchev–Trinajstić information content (AvgIpc) is 3.01. The van der Waals surface area contributed by atoms with E-state index in [9.17, 15) is 14.7 Å². The molecule has 0 unspecified atom stereocenters. The number of Topliss-reactive ketones (excluding diaryl/α,β-unsaturated/α-hetero) is 1. The maximum Gasteiger partial charge on any atom is 0.332 e. The highest BCUT2D eigenvalue weighted by atomic mass is 16.4. The third-order valence-corrected chi connectivity index (χ3v) is 8.02. The number of rotatable bonds is 9. The number of aliphatic carboxylic acids is 1. The molecule has 210 valence electrons. The van der Waals surface area contributed by atoms with Gasteiger partial charge in [-0.25, -0.2) is 4.79 Å². The summed E-state index contributed by atoms with van der Waals surface area (Å²) in [4.78, 5) is 33.0. The smallest absolute Gasteiger partial charge is 0.332 e. The first-order valence-corrected chi connectivity index (χ1v) is 14.2. The Morgan fingerprint density at radius 1 is 0.643 bits per heavy atom. The van der Waals surface area contributed by atoms with E-state index in [0.717, 1.165) is 27.5 Å². The molecule has 0 aliphatic rings. The van der Waals surface area contributed by atoms with Gasteiger partial charge in [0.1, 0.15) is 0 Å². The van der Waals surface area contributed by atoms with Crippen LogP contribution in [0.25, 0.3) is 10.8 Å². The summed E-state index contributed by atoms with van der Waals surface area (Å²) in [5, 5.41) is 13.3. The van der Waals surface area contributed by atoms with Crippen LogP contribution in [-0.4, -0.2) is 28.1 Å².